The largest absolute Gasteiger partial charge is 0.352 e. The van der Waals surface area contributed by atoms with Crippen LogP contribution in [0.2, 0.25) is 0 Å². The Morgan fingerprint density at radius 2 is 1.63 bits per heavy atom. The maximum absolute atomic E-state index is 12.8. The maximum Gasteiger partial charge on any atom is 0.251 e. The molecule has 2 amide bonds. The van der Waals surface area contributed by atoms with Gasteiger partial charge in [0.1, 0.15) is 0 Å². The second kappa shape index (κ2) is 8.84. The molecule has 0 unspecified atom stereocenters. The number of carbonyl (C=O) groups excluding carboxylic acids is 2. The van der Waals surface area contributed by atoms with Gasteiger partial charge < -0.3 is 10.2 Å². The summed E-state index contributed by atoms with van der Waals surface area (Å²) in [7, 11) is -3.57. The standard InChI is InChI=1S/C19H27N3O4S/c23-18(21-11-4-5-12-21)9-10-20-19(24)16-7-6-8-17(15-16)27(25,26)22-13-2-1-3-14-22/h6-8,15H,1-5,9-14H2,(H,20,24). The molecule has 7 nitrogen and oxygen atoms in total. The summed E-state index contributed by atoms with van der Waals surface area (Å²) in [5.41, 5.74) is 0.293. The Hall–Kier alpha value is -1.93. The second-order valence-corrected chi connectivity index (χ2v) is 9.02. The number of hydrogen-bond donors (Lipinski definition) is 1. The van der Waals surface area contributed by atoms with Gasteiger partial charge in [-0.1, -0.05) is 12.5 Å². The molecule has 0 aromatic heterocycles. The van der Waals surface area contributed by atoms with Crippen molar-refractivity contribution in [2.24, 2.45) is 0 Å². The van der Waals surface area contributed by atoms with Crippen molar-refractivity contribution in [2.45, 2.75) is 43.4 Å². The number of nitrogens with zero attached hydrogens (tertiary/aromatic N) is 2. The van der Waals surface area contributed by atoms with Gasteiger partial charge in [-0.15, -0.1) is 0 Å². The van der Waals surface area contributed by atoms with Crippen LogP contribution in [0, 0.1) is 0 Å². The average molecular weight is 394 g/mol. The molecule has 2 saturated heterocycles. The van der Waals surface area contributed by atoms with Gasteiger partial charge in [0, 0.05) is 44.7 Å². The lowest BCUT2D eigenvalue weighted by Gasteiger charge is -2.26. The molecule has 0 bridgehead atoms. The van der Waals surface area contributed by atoms with Crippen LogP contribution in [0.25, 0.3) is 0 Å². The highest BCUT2D eigenvalue weighted by Gasteiger charge is 2.26. The van der Waals surface area contributed by atoms with Crippen molar-refractivity contribution in [3.8, 4) is 0 Å². The zero-order valence-electron chi connectivity index (χ0n) is 15.5. The van der Waals surface area contributed by atoms with E-state index in [2.05, 4.69) is 5.32 Å². The molecule has 3 rings (SSSR count). The lowest BCUT2D eigenvalue weighted by atomic mass is 10.2. The third kappa shape index (κ3) is 4.87. The van der Waals surface area contributed by atoms with E-state index in [0.29, 0.717) is 18.7 Å². The lowest BCUT2D eigenvalue weighted by Crippen LogP contribution is -2.36. The molecule has 0 atom stereocenters. The Bertz CT molecular complexity index is 782. The van der Waals surface area contributed by atoms with Gasteiger partial charge in [-0.05, 0) is 43.9 Å². The number of rotatable bonds is 6. The van der Waals surface area contributed by atoms with Gasteiger partial charge in [-0.25, -0.2) is 8.42 Å². The van der Waals surface area contributed by atoms with E-state index in [0.717, 1.165) is 45.2 Å². The lowest BCUT2D eigenvalue weighted by molar-refractivity contribution is -0.129. The molecule has 27 heavy (non-hydrogen) atoms. The van der Waals surface area contributed by atoms with Crippen LogP contribution in [0.4, 0.5) is 0 Å². The van der Waals surface area contributed by atoms with E-state index in [-0.39, 0.29) is 29.7 Å². The van der Waals surface area contributed by atoms with Crippen LogP contribution in [0.1, 0.15) is 48.9 Å². The van der Waals surface area contributed by atoms with E-state index >= 15 is 0 Å². The Morgan fingerprint density at radius 1 is 0.963 bits per heavy atom. The molecule has 148 valence electrons. The third-order valence-corrected chi connectivity index (χ3v) is 7.03. The van der Waals surface area contributed by atoms with E-state index in [1.54, 1.807) is 12.1 Å². The average Bonchev–Trinajstić information content (AvgIpc) is 3.23. The Morgan fingerprint density at radius 3 is 2.33 bits per heavy atom. The Balaban J connectivity index is 1.59. The van der Waals surface area contributed by atoms with E-state index < -0.39 is 10.0 Å². The van der Waals surface area contributed by atoms with Crippen LogP contribution in [0.3, 0.4) is 0 Å². The first-order chi connectivity index (χ1) is 13.0. The minimum Gasteiger partial charge on any atom is -0.352 e. The van der Waals surface area contributed by atoms with Gasteiger partial charge in [0.15, 0.2) is 0 Å². The first-order valence-electron chi connectivity index (χ1n) is 9.65. The summed E-state index contributed by atoms with van der Waals surface area (Å²) in [6.07, 6.45) is 5.11. The highest BCUT2D eigenvalue weighted by atomic mass is 32.2. The molecular weight excluding hydrogens is 366 g/mol. The van der Waals surface area contributed by atoms with E-state index in [4.69, 9.17) is 0 Å². The van der Waals surface area contributed by atoms with Gasteiger partial charge in [-0.2, -0.15) is 4.31 Å². The summed E-state index contributed by atoms with van der Waals surface area (Å²) < 4.78 is 27.0. The van der Waals surface area contributed by atoms with Crippen LogP contribution in [0.5, 0.6) is 0 Å². The topological polar surface area (TPSA) is 86.8 Å². The zero-order chi connectivity index (χ0) is 19.3. The summed E-state index contributed by atoms with van der Waals surface area (Å²) in [5.74, 6) is -0.311. The first-order valence-corrected chi connectivity index (χ1v) is 11.1. The maximum atomic E-state index is 12.8. The molecule has 0 radical (unpaired) electrons. The predicted octanol–water partition coefficient (Wildman–Crippen LogP) is 1.60. The fourth-order valence-corrected chi connectivity index (χ4v) is 5.13. The van der Waals surface area contributed by atoms with Crippen LogP contribution < -0.4 is 5.32 Å². The van der Waals surface area contributed by atoms with Crippen molar-refractivity contribution < 1.29 is 18.0 Å². The molecule has 2 heterocycles. The zero-order valence-corrected chi connectivity index (χ0v) is 16.3. The molecule has 1 aromatic carbocycles. The number of hydrogen-bond acceptors (Lipinski definition) is 4. The third-order valence-electron chi connectivity index (χ3n) is 5.13. The summed E-state index contributed by atoms with van der Waals surface area (Å²) >= 11 is 0. The number of likely N-dealkylation sites (tertiary alicyclic amines) is 1. The van der Waals surface area contributed by atoms with E-state index in [1.807, 2.05) is 4.90 Å². The molecule has 0 spiro atoms. The number of nitrogens with one attached hydrogen (secondary N) is 1. The van der Waals surface area contributed by atoms with Gasteiger partial charge in [0.2, 0.25) is 15.9 Å². The van der Waals surface area contributed by atoms with Crippen molar-refractivity contribution in [2.75, 3.05) is 32.7 Å². The molecule has 0 saturated carbocycles. The van der Waals surface area contributed by atoms with Gasteiger partial charge in [0.25, 0.3) is 5.91 Å². The summed E-state index contributed by atoms with van der Waals surface area (Å²) in [6, 6.07) is 6.12. The van der Waals surface area contributed by atoms with Gasteiger partial charge in [0.05, 0.1) is 4.90 Å². The molecule has 0 aliphatic carbocycles. The molecular formula is C19H27N3O4S. The Labute approximate surface area is 160 Å². The molecule has 1 N–H and O–H groups in total. The predicted molar refractivity (Wildman–Crippen MR) is 102 cm³/mol. The molecule has 2 fully saturated rings. The van der Waals surface area contributed by atoms with Gasteiger partial charge >= 0.3 is 0 Å². The van der Waals surface area contributed by atoms with Gasteiger partial charge in [-0.3, -0.25) is 9.59 Å². The first kappa shape index (κ1) is 19.8. The number of piperidine rings is 1. The van der Waals surface area contributed by atoms with Crippen LogP contribution in [-0.2, 0) is 14.8 Å². The van der Waals surface area contributed by atoms with Crippen molar-refractivity contribution in [3.63, 3.8) is 0 Å². The van der Waals surface area contributed by atoms with E-state index in [1.165, 1.54) is 16.4 Å². The normalized spacial score (nSPS) is 18.4. The molecule has 1 aromatic rings. The van der Waals surface area contributed by atoms with Crippen molar-refractivity contribution in [3.05, 3.63) is 29.8 Å². The van der Waals surface area contributed by atoms with Crippen LogP contribution in [-0.4, -0.2) is 62.2 Å². The molecule has 2 aliphatic rings. The molecule has 8 heteroatoms. The quantitative estimate of drug-likeness (QED) is 0.795. The number of sulfonamides is 1. The second-order valence-electron chi connectivity index (χ2n) is 7.09. The van der Waals surface area contributed by atoms with E-state index in [9.17, 15) is 18.0 Å². The molecule has 2 aliphatic heterocycles. The van der Waals surface area contributed by atoms with Crippen LogP contribution in [0.15, 0.2) is 29.2 Å². The van der Waals surface area contributed by atoms with Crippen molar-refractivity contribution in [1.29, 1.82) is 0 Å². The number of benzene rings is 1. The monoisotopic (exact) mass is 393 g/mol. The number of carbonyl (C=O) groups is 2. The van der Waals surface area contributed by atoms with Crippen LogP contribution >= 0.6 is 0 Å². The summed E-state index contributed by atoms with van der Waals surface area (Å²) in [5, 5.41) is 2.72. The Kier molecular flexibility index (Phi) is 6.49. The fourth-order valence-electron chi connectivity index (χ4n) is 3.56. The van der Waals surface area contributed by atoms with Crippen molar-refractivity contribution >= 4 is 21.8 Å². The summed E-state index contributed by atoms with van der Waals surface area (Å²) in [4.78, 5) is 26.3. The number of amides is 2. The minimum atomic E-state index is -3.57. The minimum absolute atomic E-state index is 0.0502. The summed E-state index contributed by atoms with van der Waals surface area (Å²) in [6.45, 7) is 2.89. The highest BCUT2D eigenvalue weighted by Crippen LogP contribution is 2.21. The smallest absolute Gasteiger partial charge is 0.251 e. The van der Waals surface area contributed by atoms with Crippen molar-refractivity contribution in [1.82, 2.24) is 14.5 Å². The highest BCUT2D eigenvalue weighted by molar-refractivity contribution is 7.89. The fraction of sp³-hybridized carbons (Fsp3) is 0.579. The SMILES string of the molecule is O=C(NCCC(=O)N1CCCC1)c1cccc(S(=O)(=O)N2CCCCC2)c1.